The van der Waals surface area contributed by atoms with Gasteiger partial charge in [0, 0.05) is 11.6 Å². The fraction of sp³-hybridized carbons (Fsp3) is 0.200. The molecule has 0 fully saturated rings. The summed E-state index contributed by atoms with van der Waals surface area (Å²) in [5.41, 5.74) is 12.4. The molecule has 3 aromatic rings. The Kier molecular flexibility index (Phi) is 4.34. The molecule has 0 aliphatic carbocycles. The van der Waals surface area contributed by atoms with Crippen LogP contribution in [-0.2, 0) is 0 Å². The number of benzene rings is 1. The number of hydrogen-bond donors (Lipinski definition) is 2. The van der Waals surface area contributed by atoms with Crippen LogP contribution in [0.25, 0.3) is 11.4 Å². The van der Waals surface area contributed by atoms with E-state index in [1.807, 2.05) is 6.92 Å². The number of hydrogen-bond acceptors (Lipinski definition) is 8. The minimum atomic E-state index is -0.315. The lowest BCUT2D eigenvalue weighted by atomic mass is 10.1. The average molecular weight is 346 g/mol. The van der Waals surface area contributed by atoms with Crippen LogP contribution in [0.2, 0.25) is 0 Å². The Balaban J connectivity index is 1.80. The molecule has 2 heterocycles. The van der Waals surface area contributed by atoms with E-state index in [-0.39, 0.29) is 11.1 Å². The molecule has 0 saturated heterocycles. The van der Waals surface area contributed by atoms with Crippen molar-refractivity contribution in [1.82, 2.24) is 20.1 Å². The van der Waals surface area contributed by atoms with Crippen molar-refractivity contribution in [1.29, 1.82) is 0 Å². The number of nitrogens with two attached hydrogens (primary N) is 2. The van der Waals surface area contributed by atoms with Gasteiger partial charge < -0.3 is 16.0 Å². The molecule has 1 unspecified atom stereocenters. The third-order valence-electron chi connectivity index (χ3n) is 3.25. The van der Waals surface area contributed by atoms with E-state index in [9.17, 15) is 4.39 Å². The lowest BCUT2D eigenvalue weighted by Crippen LogP contribution is -2.00. The second-order valence-corrected chi connectivity index (χ2v) is 6.49. The maximum absolute atomic E-state index is 13.7. The zero-order chi connectivity index (χ0) is 17.3. The molecular formula is C15H15FN6OS. The minimum Gasteiger partial charge on any atom is -0.383 e. The van der Waals surface area contributed by atoms with Crippen LogP contribution in [0, 0.1) is 12.7 Å². The molecule has 0 aliphatic heterocycles. The maximum atomic E-state index is 13.7. The van der Waals surface area contributed by atoms with Gasteiger partial charge in [-0.3, -0.25) is 0 Å². The summed E-state index contributed by atoms with van der Waals surface area (Å²) in [6.07, 6.45) is 0. The SMILES string of the molecule is Cc1ccc(-c2noc(C(C)Sc3nc(N)cc(N)n3)n2)cc1F. The number of nitrogen functional groups attached to an aromatic ring is 2. The third-order valence-corrected chi connectivity index (χ3v) is 4.20. The largest absolute Gasteiger partial charge is 0.383 e. The lowest BCUT2D eigenvalue weighted by Gasteiger charge is -2.06. The molecule has 24 heavy (non-hydrogen) atoms. The first-order valence-corrected chi connectivity index (χ1v) is 7.97. The number of aromatic nitrogens is 4. The van der Waals surface area contributed by atoms with E-state index in [4.69, 9.17) is 16.0 Å². The van der Waals surface area contributed by atoms with Crippen molar-refractivity contribution in [2.75, 3.05) is 11.5 Å². The van der Waals surface area contributed by atoms with Gasteiger partial charge in [0.2, 0.25) is 11.7 Å². The van der Waals surface area contributed by atoms with Gasteiger partial charge in [0.1, 0.15) is 17.5 Å². The van der Waals surface area contributed by atoms with Crippen molar-refractivity contribution in [3.63, 3.8) is 0 Å². The Hall–Kier alpha value is -2.68. The van der Waals surface area contributed by atoms with Crippen LogP contribution in [0.1, 0.15) is 23.6 Å². The van der Waals surface area contributed by atoms with E-state index in [2.05, 4.69) is 20.1 Å². The van der Waals surface area contributed by atoms with Gasteiger partial charge in [-0.1, -0.05) is 29.1 Å². The van der Waals surface area contributed by atoms with Crippen molar-refractivity contribution in [2.45, 2.75) is 24.3 Å². The van der Waals surface area contributed by atoms with Crippen LogP contribution < -0.4 is 11.5 Å². The first-order chi connectivity index (χ1) is 11.4. The van der Waals surface area contributed by atoms with Crippen LogP contribution in [0.3, 0.4) is 0 Å². The maximum Gasteiger partial charge on any atom is 0.240 e. The summed E-state index contributed by atoms with van der Waals surface area (Å²) in [5.74, 6) is 0.965. The number of anilines is 2. The highest BCUT2D eigenvalue weighted by molar-refractivity contribution is 7.99. The Bertz CT molecular complexity index is 864. The highest BCUT2D eigenvalue weighted by atomic mass is 32.2. The second kappa shape index (κ2) is 6.44. The van der Waals surface area contributed by atoms with Gasteiger partial charge in [-0.05, 0) is 25.5 Å². The fourth-order valence-corrected chi connectivity index (χ4v) is 2.80. The summed E-state index contributed by atoms with van der Waals surface area (Å²) in [6, 6.07) is 6.27. The number of nitrogens with zero attached hydrogens (tertiary/aromatic N) is 4. The van der Waals surface area contributed by atoms with Gasteiger partial charge in [-0.25, -0.2) is 14.4 Å². The zero-order valence-corrected chi connectivity index (χ0v) is 13.8. The first-order valence-electron chi connectivity index (χ1n) is 7.09. The minimum absolute atomic E-state index is 0.220. The van der Waals surface area contributed by atoms with Crippen molar-refractivity contribution >= 4 is 23.4 Å². The Morgan fingerprint density at radius 3 is 2.50 bits per heavy atom. The number of thioether (sulfide) groups is 1. The molecule has 0 amide bonds. The zero-order valence-electron chi connectivity index (χ0n) is 13.0. The fourth-order valence-electron chi connectivity index (χ4n) is 1.97. The van der Waals surface area contributed by atoms with Gasteiger partial charge >= 0.3 is 0 Å². The van der Waals surface area contributed by atoms with E-state index in [0.717, 1.165) is 0 Å². The molecule has 1 aromatic carbocycles. The molecule has 0 aliphatic rings. The van der Waals surface area contributed by atoms with E-state index in [0.29, 0.717) is 39.6 Å². The van der Waals surface area contributed by atoms with E-state index >= 15 is 0 Å². The molecule has 9 heteroatoms. The summed E-state index contributed by atoms with van der Waals surface area (Å²) >= 11 is 1.29. The molecule has 0 bridgehead atoms. The smallest absolute Gasteiger partial charge is 0.240 e. The number of halogens is 1. The Labute approximate surface area is 141 Å². The Morgan fingerprint density at radius 2 is 1.83 bits per heavy atom. The third kappa shape index (κ3) is 3.46. The summed E-state index contributed by atoms with van der Waals surface area (Å²) in [5, 5.41) is 4.10. The molecule has 7 nitrogen and oxygen atoms in total. The highest BCUT2D eigenvalue weighted by Gasteiger charge is 2.18. The lowest BCUT2D eigenvalue weighted by molar-refractivity contribution is 0.380. The molecule has 0 spiro atoms. The van der Waals surface area contributed by atoms with Gasteiger partial charge in [-0.15, -0.1) is 0 Å². The van der Waals surface area contributed by atoms with Crippen LogP contribution in [0.5, 0.6) is 0 Å². The highest BCUT2D eigenvalue weighted by Crippen LogP contribution is 2.33. The van der Waals surface area contributed by atoms with E-state index in [1.54, 1.807) is 19.1 Å². The average Bonchev–Trinajstić information content (AvgIpc) is 2.99. The molecule has 0 radical (unpaired) electrons. The molecule has 1 atom stereocenters. The molecule has 3 rings (SSSR count). The second-order valence-electron chi connectivity index (χ2n) is 5.18. The van der Waals surface area contributed by atoms with Crippen molar-refractivity contribution < 1.29 is 8.91 Å². The van der Waals surface area contributed by atoms with Gasteiger partial charge in [0.25, 0.3) is 0 Å². The van der Waals surface area contributed by atoms with E-state index in [1.165, 1.54) is 23.9 Å². The van der Waals surface area contributed by atoms with Crippen LogP contribution in [0.4, 0.5) is 16.0 Å². The molecule has 2 aromatic heterocycles. The molecular weight excluding hydrogens is 331 g/mol. The predicted octanol–water partition coefficient (Wildman–Crippen LogP) is 2.99. The number of rotatable bonds is 4. The van der Waals surface area contributed by atoms with Crippen molar-refractivity contribution in [3.05, 3.63) is 41.5 Å². The molecule has 4 N–H and O–H groups in total. The van der Waals surface area contributed by atoms with Gasteiger partial charge in [-0.2, -0.15) is 4.98 Å². The summed E-state index contributed by atoms with van der Waals surface area (Å²) in [4.78, 5) is 12.5. The number of aryl methyl sites for hydroxylation is 1. The van der Waals surface area contributed by atoms with Crippen molar-refractivity contribution in [2.24, 2.45) is 0 Å². The standard InChI is InChI=1S/C15H15FN6OS/c1-7-3-4-9(5-10(7)16)13-21-14(23-22-13)8(2)24-15-19-11(17)6-12(18)20-15/h3-6,8H,1-2H3,(H4,17,18,19,20). The van der Waals surface area contributed by atoms with Crippen LogP contribution in [0.15, 0.2) is 33.9 Å². The summed E-state index contributed by atoms with van der Waals surface area (Å²) < 4.78 is 18.9. The van der Waals surface area contributed by atoms with Crippen LogP contribution >= 0.6 is 11.8 Å². The summed E-state index contributed by atoms with van der Waals surface area (Å²) in [7, 11) is 0. The monoisotopic (exact) mass is 346 g/mol. The molecule has 0 saturated carbocycles. The topological polar surface area (TPSA) is 117 Å². The summed E-state index contributed by atoms with van der Waals surface area (Å²) in [6.45, 7) is 3.55. The van der Waals surface area contributed by atoms with Gasteiger partial charge in [0.15, 0.2) is 5.16 Å². The quantitative estimate of drug-likeness (QED) is 0.547. The normalized spacial score (nSPS) is 12.3. The first kappa shape index (κ1) is 16.2. The van der Waals surface area contributed by atoms with E-state index < -0.39 is 0 Å². The van der Waals surface area contributed by atoms with Gasteiger partial charge in [0.05, 0.1) is 5.25 Å². The van der Waals surface area contributed by atoms with Crippen molar-refractivity contribution in [3.8, 4) is 11.4 Å². The van der Waals surface area contributed by atoms with Crippen LogP contribution in [-0.4, -0.2) is 20.1 Å². The Morgan fingerprint density at radius 1 is 1.12 bits per heavy atom. The molecule has 124 valence electrons. The predicted molar refractivity (Wildman–Crippen MR) is 89.6 cm³/mol.